The van der Waals surface area contributed by atoms with Gasteiger partial charge in [0.1, 0.15) is 0 Å². The molecular formula is C15H19N3O2. The van der Waals surface area contributed by atoms with Gasteiger partial charge in [-0.2, -0.15) is 0 Å². The molecule has 3 N–H and O–H groups in total. The molecule has 106 valence electrons. The third-order valence-electron chi connectivity index (χ3n) is 4.43. The van der Waals surface area contributed by atoms with Gasteiger partial charge in [0, 0.05) is 17.0 Å². The van der Waals surface area contributed by atoms with Crippen LogP contribution in [0.2, 0.25) is 0 Å². The molecular weight excluding hydrogens is 254 g/mol. The largest absolute Gasteiger partial charge is 0.396 e. The fraction of sp³-hybridized carbons (Fsp3) is 0.467. The maximum absolute atomic E-state index is 12.3. The van der Waals surface area contributed by atoms with Crippen molar-refractivity contribution in [1.82, 2.24) is 15.3 Å². The van der Waals surface area contributed by atoms with Crippen LogP contribution in [0.5, 0.6) is 0 Å². The number of rotatable bonds is 3. The van der Waals surface area contributed by atoms with Crippen molar-refractivity contribution in [2.75, 3.05) is 6.61 Å². The van der Waals surface area contributed by atoms with Crippen LogP contribution in [0.15, 0.2) is 24.5 Å². The number of benzene rings is 1. The molecule has 2 atom stereocenters. The van der Waals surface area contributed by atoms with Gasteiger partial charge < -0.3 is 15.4 Å². The van der Waals surface area contributed by atoms with Gasteiger partial charge in [0.2, 0.25) is 0 Å². The Balaban J connectivity index is 1.78. The molecule has 1 aromatic carbocycles. The molecule has 0 saturated heterocycles. The number of aromatic nitrogens is 2. The highest BCUT2D eigenvalue weighted by molar-refractivity contribution is 5.97. The number of carbonyl (C=O) groups excluding carboxylic acids is 1. The Labute approximate surface area is 117 Å². The minimum atomic E-state index is -0.201. The van der Waals surface area contributed by atoms with Crippen LogP contribution in [0.1, 0.15) is 36.5 Å². The van der Waals surface area contributed by atoms with Gasteiger partial charge in [0.15, 0.2) is 0 Å². The molecule has 1 saturated carbocycles. The number of hydrogen-bond acceptors (Lipinski definition) is 3. The van der Waals surface area contributed by atoms with Crippen LogP contribution in [0.4, 0.5) is 0 Å². The highest BCUT2D eigenvalue weighted by Crippen LogP contribution is 2.37. The van der Waals surface area contributed by atoms with Crippen molar-refractivity contribution in [3.63, 3.8) is 0 Å². The fourth-order valence-electron chi connectivity index (χ4n) is 2.99. The van der Waals surface area contributed by atoms with Crippen LogP contribution in [0.25, 0.3) is 11.0 Å². The first-order chi connectivity index (χ1) is 9.62. The van der Waals surface area contributed by atoms with Gasteiger partial charge in [-0.25, -0.2) is 4.98 Å². The average Bonchev–Trinajstić information content (AvgIpc) is 3.05. The summed E-state index contributed by atoms with van der Waals surface area (Å²) in [6.45, 7) is 2.14. The molecule has 2 aromatic rings. The lowest BCUT2D eigenvalue weighted by Crippen LogP contribution is -2.44. The van der Waals surface area contributed by atoms with Gasteiger partial charge in [-0.3, -0.25) is 4.79 Å². The molecule has 1 amide bonds. The minimum absolute atomic E-state index is 0.0393. The number of aromatic amines is 1. The molecule has 1 fully saturated rings. The lowest BCUT2D eigenvalue weighted by molar-refractivity contribution is 0.0830. The number of imidazole rings is 1. The number of nitrogens with zero attached hydrogens (tertiary/aromatic N) is 1. The molecule has 3 rings (SSSR count). The molecule has 0 spiro atoms. The van der Waals surface area contributed by atoms with E-state index in [2.05, 4.69) is 15.3 Å². The standard InChI is InChI=1S/C15H19N3O2/c1-15(8-19)6-2-3-13(15)18-14(20)10-4-5-11-12(7-10)17-9-16-11/h4-5,7,9,13,19H,2-3,6,8H2,1H3,(H,16,17)(H,18,20). The quantitative estimate of drug-likeness (QED) is 0.798. The highest BCUT2D eigenvalue weighted by Gasteiger charge is 2.39. The Bertz CT molecular complexity index is 637. The first-order valence-corrected chi connectivity index (χ1v) is 6.97. The molecule has 20 heavy (non-hydrogen) atoms. The molecule has 1 aliphatic rings. The fourth-order valence-corrected chi connectivity index (χ4v) is 2.99. The van der Waals surface area contributed by atoms with E-state index in [0.29, 0.717) is 5.56 Å². The minimum Gasteiger partial charge on any atom is -0.396 e. The van der Waals surface area contributed by atoms with Crippen LogP contribution >= 0.6 is 0 Å². The van der Waals surface area contributed by atoms with Gasteiger partial charge in [-0.15, -0.1) is 0 Å². The third-order valence-corrected chi connectivity index (χ3v) is 4.43. The number of H-pyrrole nitrogens is 1. The van der Waals surface area contributed by atoms with E-state index in [1.807, 2.05) is 19.1 Å². The van der Waals surface area contributed by atoms with Crippen LogP contribution in [0.3, 0.4) is 0 Å². The Hall–Kier alpha value is -1.88. The number of aliphatic hydroxyl groups is 1. The zero-order valence-corrected chi connectivity index (χ0v) is 11.5. The molecule has 1 aromatic heterocycles. The summed E-state index contributed by atoms with van der Waals surface area (Å²) in [6.07, 6.45) is 4.54. The van der Waals surface area contributed by atoms with E-state index in [-0.39, 0.29) is 24.0 Å². The normalized spacial score (nSPS) is 26.0. The number of hydrogen-bond donors (Lipinski definition) is 3. The lowest BCUT2D eigenvalue weighted by atomic mass is 9.85. The van der Waals surface area contributed by atoms with Crippen LogP contribution in [-0.2, 0) is 0 Å². The summed E-state index contributed by atoms with van der Waals surface area (Å²) in [6, 6.07) is 5.46. The van der Waals surface area contributed by atoms with E-state index >= 15 is 0 Å². The summed E-state index contributed by atoms with van der Waals surface area (Å²) in [5.74, 6) is -0.0897. The van der Waals surface area contributed by atoms with Gasteiger partial charge in [0.25, 0.3) is 5.91 Å². The topological polar surface area (TPSA) is 78.0 Å². The van der Waals surface area contributed by atoms with Gasteiger partial charge >= 0.3 is 0 Å². The smallest absolute Gasteiger partial charge is 0.251 e. The first-order valence-electron chi connectivity index (χ1n) is 6.97. The van der Waals surface area contributed by atoms with Gasteiger partial charge in [0.05, 0.1) is 24.0 Å². The molecule has 0 aliphatic heterocycles. The first kappa shape index (κ1) is 13.1. The van der Waals surface area contributed by atoms with E-state index in [4.69, 9.17) is 0 Å². The van der Waals surface area contributed by atoms with Crippen molar-refractivity contribution >= 4 is 16.9 Å². The van der Waals surface area contributed by atoms with Crippen LogP contribution in [-0.4, -0.2) is 33.6 Å². The monoisotopic (exact) mass is 273 g/mol. The van der Waals surface area contributed by atoms with Crippen molar-refractivity contribution in [3.8, 4) is 0 Å². The molecule has 1 heterocycles. The summed E-state index contributed by atoms with van der Waals surface area (Å²) >= 11 is 0. The van der Waals surface area contributed by atoms with E-state index in [0.717, 1.165) is 30.3 Å². The summed E-state index contributed by atoms with van der Waals surface area (Å²) in [7, 11) is 0. The number of amides is 1. The number of aliphatic hydroxyl groups excluding tert-OH is 1. The predicted octanol–water partition coefficient (Wildman–Crippen LogP) is 1.84. The molecule has 5 nitrogen and oxygen atoms in total. The van der Waals surface area contributed by atoms with Crippen molar-refractivity contribution < 1.29 is 9.90 Å². The summed E-state index contributed by atoms with van der Waals surface area (Å²) in [5, 5.41) is 12.6. The SMILES string of the molecule is CC1(CO)CCCC1NC(=O)c1ccc2nc[nH]c2c1. The second kappa shape index (κ2) is 4.90. The Kier molecular flexibility index (Phi) is 3.22. The number of carbonyl (C=O) groups is 1. The maximum Gasteiger partial charge on any atom is 0.251 e. The molecule has 1 aliphatic carbocycles. The Morgan fingerprint density at radius 1 is 1.60 bits per heavy atom. The van der Waals surface area contributed by atoms with Gasteiger partial charge in [-0.1, -0.05) is 13.3 Å². The summed E-state index contributed by atoms with van der Waals surface area (Å²) < 4.78 is 0. The van der Waals surface area contributed by atoms with Crippen molar-refractivity contribution in [2.45, 2.75) is 32.2 Å². The van der Waals surface area contributed by atoms with E-state index < -0.39 is 0 Å². The maximum atomic E-state index is 12.3. The molecule has 2 unspecified atom stereocenters. The zero-order valence-electron chi connectivity index (χ0n) is 11.5. The predicted molar refractivity (Wildman–Crippen MR) is 76.4 cm³/mol. The Morgan fingerprint density at radius 3 is 3.25 bits per heavy atom. The van der Waals surface area contributed by atoms with Gasteiger partial charge in [-0.05, 0) is 31.0 Å². The average molecular weight is 273 g/mol. The van der Waals surface area contributed by atoms with Crippen molar-refractivity contribution in [3.05, 3.63) is 30.1 Å². The molecule has 0 radical (unpaired) electrons. The summed E-state index contributed by atoms with van der Waals surface area (Å²) in [4.78, 5) is 19.5. The zero-order chi connectivity index (χ0) is 14.2. The number of fused-ring (bicyclic) bond motifs is 1. The van der Waals surface area contributed by atoms with E-state index in [1.54, 1.807) is 12.4 Å². The van der Waals surface area contributed by atoms with Crippen molar-refractivity contribution in [1.29, 1.82) is 0 Å². The Morgan fingerprint density at radius 2 is 2.45 bits per heavy atom. The van der Waals surface area contributed by atoms with E-state index in [9.17, 15) is 9.90 Å². The van der Waals surface area contributed by atoms with E-state index in [1.165, 1.54) is 0 Å². The molecule has 5 heteroatoms. The second-order valence-electron chi connectivity index (χ2n) is 5.86. The summed E-state index contributed by atoms with van der Waals surface area (Å²) in [5.41, 5.74) is 2.12. The van der Waals surface area contributed by atoms with Crippen LogP contribution in [0, 0.1) is 5.41 Å². The van der Waals surface area contributed by atoms with Crippen molar-refractivity contribution in [2.24, 2.45) is 5.41 Å². The van der Waals surface area contributed by atoms with Crippen LogP contribution < -0.4 is 5.32 Å². The second-order valence-corrected chi connectivity index (χ2v) is 5.86. The third kappa shape index (κ3) is 2.18. The number of nitrogens with one attached hydrogen (secondary N) is 2. The highest BCUT2D eigenvalue weighted by atomic mass is 16.3. The lowest BCUT2D eigenvalue weighted by Gasteiger charge is -2.30. The molecule has 0 bridgehead atoms.